The van der Waals surface area contributed by atoms with Crippen molar-refractivity contribution in [2.75, 3.05) is 6.61 Å². The lowest BCUT2D eigenvalue weighted by molar-refractivity contribution is 0.274. The van der Waals surface area contributed by atoms with Crippen molar-refractivity contribution in [3.8, 4) is 28.0 Å². The molecule has 0 fully saturated rings. The third-order valence-corrected chi connectivity index (χ3v) is 5.66. The molecule has 0 bridgehead atoms. The highest BCUT2D eigenvalue weighted by Crippen LogP contribution is 2.32. The van der Waals surface area contributed by atoms with Crippen molar-refractivity contribution >= 4 is 0 Å². The highest BCUT2D eigenvalue weighted by atomic mass is 19.1. The van der Waals surface area contributed by atoms with Crippen LogP contribution in [0.2, 0.25) is 0 Å². The van der Waals surface area contributed by atoms with E-state index in [4.69, 9.17) is 16.2 Å². The van der Waals surface area contributed by atoms with Gasteiger partial charge >= 0.3 is 0 Å². The molecule has 4 N–H and O–H groups in total. The molecule has 3 rings (SSSR count). The van der Waals surface area contributed by atoms with Crippen LogP contribution in [0.1, 0.15) is 32.3 Å². The van der Waals surface area contributed by atoms with Crippen molar-refractivity contribution in [3.63, 3.8) is 0 Å². The Bertz CT molecular complexity index is 904. The largest absolute Gasteiger partial charge is 0.492 e. The molecule has 0 aliphatic rings. The van der Waals surface area contributed by atoms with Crippen LogP contribution < -0.4 is 16.2 Å². The molecule has 0 aliphatic carbocycles. The molecule has 164 valence electrons. The van der Waals surface area contributed by atoms with Gasteiger partial charge in [0.25, 0.3) is 0 Å². The lowest BCUT2D eigenvalue weighted by atomic mass is 9.97. The van der Waals surface area contributed by atoms with E-state index < -0.39 is 0 Å². The smallest absolute Gasteiger partial charge is 0.123 e. The van der Waals surface area contributed by atoms with Crippen molar-refractivity contribution in [3.05, 3.63) is 78.1 Å². The van der Waals surface area contributed by atoms with Gasteiger partial charge < -0.3 is 16.2 Å². The highest BCUT2D eigenvalue weighted by molar-refractivity contribution is 5.75. The molecule has 0 amide bonds. The maximum atomic E-state index is 13.4. The predicted molar refractivity (Wildman–Crippen MR) is 128 cm³/mol. The molecule has 2 atom stereocenters. The summed E-state index contributed by atoms with van der Waals surface area (Å²) in [6.45, 7) is 6.74. The number of nitrogens with two attached hydrogens (primary N) is 2. The first-order chi connectivity index (χ1) is 14.8. The second-order valence-electron chi connectivity index (χ2n) is 8.68. The quantitative estimate of drug-likeness (QED) is 0.450. The van der Waals surface area contributed by atoms with E-state index in [1.165, 1.54) is 17.7 Å². The molecular weight excluding hydrogens is 387 g/mol. The SMILES string of the molecule is Cc1ccc(-c2cc(OC[C@@H](N)CCC(N)C(C)C)cc(-c3ccc(F)cc3)c2)cc1. The molecule has 0 spiro atoms. The van der Waals surface area contributed by atoms with Crippen molar-refractivity contribution in [2.45, 2.75) is 45.7 Å². The predicted octanol–water partition coefficient (Wildman–Crippen LogP) is 5.94. The van der Waals surface area contributed by atoms with Crippen LogP contribution in [-0.2, 0) is 0 Å². The van der Waals surface area contributed by atoms with E-state index >= 15 is 0 Å². The van der Waals surface area contributed by atoms with Crippen LogP contribution in [0.25, 0.3) is 22.3 Å². The third kappa shape index (κ3) is 6.65. The number of rotatable bonds is 9. The van der Waals surface area contributed by atoms with Crippen LogP contribution in [-0.4, -0.2) is 18.7 Å². The molecule has 0 heterocycles. The summed E-state index contributed by atoms with van der Waals surface area (Å²) < 4.78 is 19.5. The van der Waals surface area contributed by atoms with Gasteiger partial charge in [-0.3, -0.25) is 0 Å². The van der Waals surface area contributed by atoms with Gasteiger partial charge in [-0.15, -0.1) is 0 Å². The minimum atomic E-state index is -0.250. The van der Waals surface area contributed by atoms with Crippen molar-refractivity contribution in [1.82, 2.24) is 0 Å². The third-order valence-electron chi connectivity index (χ3n) is 5.66. The van der Waals surface area contributed by atoms with Crippen LogP contribution in [0.4, 0.5) is 4.39 Å². The maximum absolute atomic E-state index is 13.4. The zero-order chi connectivity index (χ0) is 22.4. The molecule has 3 nitrogen and oxygen atoms in total. The van der Waals surface area contributed by atoms with Crippen LogP contribution in [0.5, 0.6) is 5.75 Å². The second-order valence-corrected chi connectivity index (χ2v) is 8.68. The molecule has 3 aromatic carbocycles. The van der Waals surface area contributed by atoms with Crippen molar-refractivity contribution < 1.29 is 9.13 Å². The molecule has 3 aromatic rings. The van der Waals surface area contributed by atoms with E-state index in [0.29, 0.717) is 12.5 Å². The number of hydrogen-bond donors (Lipinski definition) is 2. The Balaban J connectivity index is 1.81. The van der Waals surface area contributed by atoms with Gasteiger partial charge in [0.05, 0.1) is 0 Å². The van der Waals surface area contributed by atoms with E-state index in [2.05, 4.69) is 51.1 Å². The number of benzene rings is 3. The minimum Gasteiger partial charge on any atom is -0.492 e. The average Bonchev–Trinajstić information content (AvgIpc) is 2.76. The fourth-order valence-electron chi connectivity index (χ4n) is 3.43. The minimum absolute atomic E-state index is 0.0814. The van der Waals surface area contributed by atoms with Gasteiger partial charge in [-0.25, -0.2) is 4.39 Å². The molecule has 1 unspecified atom stereocenters. The topological polar surface area (TPSA) is 61.3 Å². The van der Waals surface area contributed by atoms with Crippen LogP contribution in [0.15, 0.2) is 66.7 Å². The Labute approximate surface area is 185 Å². The summed E-state index contributed by atoms with van der Waals surface area (Å²) >= 11 is 0. The van der Waals surface area contributed by atoms with Gasteiger partial charge in [0.2, 0.25) is 0 Å². The number of ether oxygens (including phenoxy) is 1. The normalized spacial score (nSPS) is 13.3. The number of halogens is 1. The van der Waals surface area contributed by atoms with E-state index in [9.17, 15) is 4.39 Å². The molecule has 0 saturated heterocycles. The standard InChI is InChI=1S/C27H33FN2O/c1-18(2)27(30)13-12-25(29)17-31-26-15-22(20-6-4-19(3)5-7-20)14-23(16-26)21-8-10-24(28)11-9-21/h4-11,14-16,18,25,27H,12-13,17,29-30H2,1-3H3/t25-,27?/m0/s1. The molecule has 0 aliphatic heterocycles. The van der Waals surface area contributed by atoms with E-state index in [1.54, 1.807) is 12.1 Å². The first-order valence-corrected chi connectivity index (χ1v) is 10.9. The summed E-state index contributed by atoms with van der Waals surface area (Å²) in [6.07, 6.45) is 1.70. The summed E-state index contributed by atoms with van der Waals surface area (Å²) in [6, 6.07) is 21.1. The van der Waals surface area contributed by atoms with Gasteiger partial charge in [-0.1, -0.05) is 55.8 Å². The fraction of sp³-hybridized carbons (Fsp3) is 0.333. The molecule has 31 heavy (non-hydrogen) atoms. The second kappa shape index (κ2) is 10.6. The summed E-state index contributed by atoms with van der Waals surface area (Å²) in [5, 5.41) is 0. The molecular formula is C27H33FN2O. The summed E-state index contributed by atoms with van der Waals surface area (Å²) in [7, 11) is 0. The summed E-state index contributed by atoms with van der Waals surface area (Å²) in [5.74, 6) is 0.944. The Morgan fingerprint density at radius 3 is 1.87 bits per heavy atom. The summed E-state index contributed by atoms with van der Waals surface area (Å²) in [4.78, 5) is 0. The highest BCUT2D eigenvalue weighted by Gasteiger charge is 2.12. The number of hydrogen-bond acceptors (Lipinski definition) is 3. The van der Waals surface area contributed by atoms with Crippen LogP contribution in [0, 0.1) is 18.7 Å². The maximum Gasteiger partial charge on any atom is 0.123 e. The average molecular weight is 421 g/mol. The monoisotopic (exact) mass is 420 g/mol. The van der Waals surface area contributed by atoms with Crippen LogP contribution >= 0.6 is 0 Å². The Kier molecular flexibility index (Phi) is 7.83. The van der Waals surface area contributed by atoms with Crippen molar-refractivity contribution in [2.24, 2.45) is 17.4 Å². The van der Waals surface area contributed by atoms with Gasteiger partial charge in [-0.05, 0) is 78.3 Å². The Hall–Kier alpha value is -2.69. The number of aryl methyl sites for hydroxylation is 1. The lowest BCUT2D eigenvalue weighted by Gasteiger charge is -2.19. The Morgan fingerprint density at radius 2 is 1.32 bits per heavy atom. The van der Waals surface area contributed by atoms with E-state index in [1.807, 2.05) is 12.1 Å². The zero-order valence-electron chi connectivity index (χ0n) is 18.6. The summed E-state index contributed by atoms with van der Waals surface area (Å²) in [5.41, 5.74) is 17.7. The van der Waals surface area contributed by atoms with Gasteiger partial charge in [0, 0.05) is 12.1 Å². The fourth-order valence-corrected chi connectivity index (χ4v) is 3.43. The first-order valence-electron chi connectivity index (χ1n) is 10.9. The van der Waals surface area contributed by atoms with Gasteiger partial charge in [0.15, 0.2) is 0 Å². The first kappa shape index (κ1) is 23.0. The molecule has 0 aromatic heterocycles. The van der Waals surface area contributed by atoms with E-state index in [0.717, 1.165) is 40.8 Å². The van der Waals surface area contributed by atoms with Crippen molar-refractivity contribution in [1.29, 1.82) is 0 Å². The molecule has 0 saturated carbocycles. The molecule has 0 radical (unpaired) electrons. The van der Waals surface area contributed by atoms with E-state index in [-0.39, 0.29) is 17.9 Å². The van der Waals surface area contributed by atoms with Gasteiger partial charge in [-0.2, -0.15) is 0 Å². The van der Waals surface area contributed by atoms with Gasteiger partial charge in [0.1, 0.15) is 18.2 Å². The Morgan fingerprint density at radius 1 is 0.774 bits per heavy atom. The molecule has 4 heteroatoms. The van der Waals surface area contributed by atoms with Crippen LogP contribution in [0.3, 0.4) is 0 Å². The lowest BCUT2D eigenvalue weighted by Crippen LogP contribution is -2.33. The zero-order valence-corrected chi connectivity index (χ0v) is 18.6.